The predicted molar refractivity (Wildman–Crippen MR) is 71.0 cm³/mol. The Morgan fingerprint density at radius 3 is 2.60 bits per heavy atom. The summed E-state index contributed by atoms with van der Waals surface area (Å²) >= 11 is 0. The largest absolute Gasteiger partial charge is 0.477 e. The molecule has 1 aromatic rings. The van der Waals surface area contributed by atoms with Gasteiger partial charge >= 0.3 is 5.97 Å². The number of aromatic amines is 1. The van der Waals surface area contributed by atoms with Crippen LogP contribution < -0.4 is 0 Å². The molecule has 7 nitrogen and oxygen atoms in total. The van der Waals surface area contributed by atoms with Crippen molar-refractivity contribution in [3.8, 4) is 0 Å². The van der Waals surface area contributed by atoms with Crippen LogP contribution in [0.5, 0.6) is 0 Å². The van der Waals surface area contributed by atoms with Crippen molar-refractivity contribution in [3.05, 3.63) is 18.0 Å². The standard InChI is InChI=1S/C12H18N2O5S/c15-6-2-5-14(9-3-1-4-9)20(18,19)10-7-11(12(16)17)13-8-10/h7-9,13,15H,1-6H2,(H,16,17). The Morgan fingerprint density at radius 2 is 2.15 bits per heavy atom. The van der Waals surface area contributed by atoms with Crippen LogP contribution in [0.1, 0.15) is 36.2 Å². The average molecular weight is 302 g/mol. The van der Waals surface area contributed by atoms with Gasteiger partial charge in [-0.3, -0.25) is 0 Å². The molecule has 1 aromatic heterocycles. The van der Waals surface area contributed by atoms with Gasteiger partial charge in [-0.1, -0.05) is 6.42 Å². The maximum atomic E-state index is 12.5. The first-order chi connectivity index (χ1) is 9.46. The molecule has 0 aromatic carbocycles. The summed E-state index contributed by atoms with van der Waals surface area (Å²) in [5, 5.41) is 17.7. The van der Waals surface area contributed by atoms with Gasteiger partial charge in [-0.25, -0.2) is 13.2 Å². The van der Waals surface area contributed by atoms with Crippen LogP contribution >= 0.6 is 0 Å². The summed E-state index contributed by atoms with van der Waals surface area (Å²) in [6.07, 6.45) is 4.17. The second-order valence-corrected chi connectivity index (χ2v) is 6.72. The fourth-order valence-corrected chi connectivity index (χ4v) is 3.90. The number of H-pyrrole nitrogens is 1. The number of nitrogens with zero attached hydrogens (tertiary/aromatic N) is 1. The summed E-state index contributed by atoms with van der Waals surface area (Å²) in [5.74, 6) is -1.20. The lowest BCUT2D eigenvalue weighted by molar-refractivity contribution is 0.0691. The number of aromatic carboxylic acids is 1. The first kappa shape index (κ1) is 15.0. The molecule has 0 spiro atoms. The normalized spacial score (nSPS) is 16.3. The molecule has 0 radical (unpaired) electrons. The topological polar surface area (TPSA) is 111 Å². The highest BCUT2D eigenvalue weighted by Gasteiger charge is 2.35. The zero-order chi connectivity index (χ0) is 14.8. The lowest BCUT2D eigenvalue weighted by Crippen LogP contribution is -2.44. The van der Waals surface area contributed by atoms with E-state index < -0.39 is 16.0 Å². The number of hydrogen-bond donors (Lipinski definition) is 3. The van der Waals surface area contributed by atoms with E-state index in [9.17, 15) is 13.2 Å². The van der Waals surface area contributed by atoms with E-state index >= 15 is 0 Å². The molecule has 0 amide bonds. The van der Waals surface area contributed by atoms with Crippen LogP contribution in [0, 0.1) is 0 Å². The molecule has 8 heteroatoms. The van der Waals surface area contributed by atoms with Gasteiger partial charge in [0.15, 0.2) is 0 Å². The smallest absolute Gasteiger partial charge is 0.352 e. The third-order valence-electron chi connectivity index (χ3n) is 3.51. The SMILES string of the molecule is O=C(O)c1cc(S(=O)(=O)N(CCCO)C2CCC2)c[nH]1. The predicted octanol–water partition coefficient (Wildman–Crippen LogP) is 0.638. The third kappa shape index (κ3) is 2.87. The molecule has 3 N–H and O–H groups in total. The molecule has 0 saturated heterocycles. The Bertz CT molecular complexity index is 576. The van der Waals surface area contributed by atoms with Crippen molar-refractivity contribution in [2.45, 2.75) is 36.6 Å². The number of aromatic nitrogens is 1. The van der Waals surface area contributed by atoms with E-state index in [1.807, 2.05) is 0 Å². The number of carbonyl (C=O) groups is 1. The van der Waals surface area contributed by atoms with Crippen LogP contribution in [-0.4, -0.2) is 53.1 Å². The number of aliphatic hydroxyl groups excluding tert-OH is 1. The zero-order valence-electron chi connectivity index (χ0n) is 10.9. The molecular formula is C12H18N2O5S. The maximum Gasteiger partial charge on any atom is 0.352 e. The number of carboxylic acids is 1. The highest BCUT2D eigenvalue weighted by molar-refractivity contribution is 7.89. The second-order valence-electron chi connectivity index (χ2n) is 4.83. The summed E-state index contributed by atoms with van der Waals surface area (Å²) < 4.78 is 26.5. The van der Waals surface area contributed by atoms with Crippen molar-refractivity contribution >= 4 is 16.0 Å². The van der Waals surface area contributed by atoms with Gasteiger partial charge in [0, 0.05) is 25.4 Å². The molecule has 1 aliphatic carbocycles. The molecule has 1 heterocycles. The van der Waals surface area contributed by atoms with Crippen LogP contribution in [0.25, 0.3) is 0 Å². The zero-order valence-corrected chi connectivity index (χ0v) is 11.8. The first-order valence-electron chi connectivity index (χ1n) is 6.51. The highest BCUT2D eigenvalue weighted by Crippen LogP contribution is 2.30. The summed E-state index contributed by atoms with van der Waals surface area (Å²) in [5.41, 5.74) is -0.153. The van der Waals surface area contributed by atoms with E-state index in [4.69, 9.17) is 10.2 Å². The van der Waals surface area contributed by atoms with Gasteiger partial charge in [-0.15, -0.1) is 0 Å². The summed E-state index contributed by atoms with van der Waals surface area (Å²) in [7, 11) is -3.72. The average Bonchev–Trinajstić information content (AvgIpc) is 2.81. The van der Waals surface area contributed by atoms with Crippen molar-refractivity contribution in [2.24, 2.45) is 0 Å². The van der Waals surface area contributed by atoms with Gasteiger partial charge in [0.05, 0.1) is 0 Å². The molecular weight excluding hydrogens is 284 g/mol. The maximum absolute atomic E-state index is 12.5. The van der Waals surface area contributed by atoms with Gasteiger partial charge in [0.1, 0.15) is 10.6 Å². The van der Waals surface area contributed by atoms with Gasteiger partial charge in [-0.05, 0) is 25.3 Å². The quantitative estimate of drug-likeness (QED) is 0.684. The molecule has 1 fully saturated rings. The Kier molecular flexibility index (Phi) is 4.46. The Morgan fingerprint density at radius 1 is 1.45 bits per heavy atom. The highest BCUT2D eigenvalue weighted by atomic mass is 32.2. The summed E-state index contributed by atoms with van der Waals surface area (Å²) in [4.78, 5) is 13.2. The van der Waals surface area contributed by atoms with Gasteiger partial charge in [0.25, 0.3) is 0 Å². The van der Waals surface area contributed by atoms with Crippen LogP contribution in [-0.2, 0) is 10.0 Å². The third-order valence-corrected chi connectivity index (χ3v) is 5.44. The monoisotopic (exact) mass is 302 g/mol. The van der Waals surface area contributed by atoms with E-state index in [1.165, 1.54) is 10.5 Å². The van der Waals surface area contributed by atoms with E-state index in [0.29, 0.717) is 6.42 Å². The van der Waals surface area contributed by atoms with Crippen LogP contribution in [0.3, 0.4) is 0 Å². The van der Waals surface area contributed by atoms with Crippen molar-refractivity contribution < 1.29 is 23.4 Å². The van der Waals surface area contributed by atoms with Gasteiger partial charge in [0.2, 0.25) is 10.0 Å². The second kappa shape index (κ2) is 5.94. The molecule has 2 rings (SSSR count). The van der Waals surface area contributed by atoms with E-state index in [1.54, 1.807) is 0 Å². The van der Waals surface area contributed by atoms with Crippen LogP contribution in [0.2, 0.25) is 0 Å². The minimum Gasteiger partial charge on any atom is -0.477 e. The van der Waals surface area contributed by atoms with Crippen molar-refractivity contribution in [2.75, 3.05) is 13.2 Å². The lowest BCUT2D eigenvalue weighted by atomic mass is 9.93. The number of aliphatic hydroxyl groups is 1. The van der Waals surface area contributed by atoms with Crippen LogP contribution in [0.15, 0.2) is 17.2 Å². The Balaban J connectivity index is 2.26. The molecule has 0 atom stereocenters. The van der Waals surface area contributed by atoms with Crippen molar-refractivity contribution in [1.29, 1.82) is 0 Å². The summed E-state index contributed by atoms with van der Waals surface area (Å²) in [6, 6.07) is 1.08. The molecule has 0 aliphatic heterocycles. The number of rotatable bonds is 7. The molecule has 0 unspecified atom stereocenters. The molecule has 0 bridgehead atoms. The Hall–Kier alpha value is -1.38. The molecule has 20 heavy (non-hydrogen) atoms. The molecule has 1 saturated carbocycles. The lowest BCUT2D eigenvalue weighted by Gasteiger charge is -2.36. The minimum atomic E-state index is -3.72. The van der Waals surface area contributed by atoms with E-state index in [0.717, 1.165) is 25.3 Å². The van der Waals surface area contributed by atoms with Crippen LogP contribution in [0.4, 0.5) is 0 Å². The molecule has 112 valence electrons. The number of sulfonamides is 1. The number of nitrogens with one attached hydrogen (secondary N) is 1. The number of hydrogen-bond acceptors (Lipinski definition) is 4. The van der Waals surface area contributed by atoms with E-state index in [2.05, 4.69) is 4.98 Å². The minimum absolute atomic E-state index is 0.0419. The fourth-order valence-electron chi connectivity index (χ4n) is 2.18. The number of carboxylic acid groups (broad SMARTS) is 1. The summed E-state index contributed by atoms with van der Waals surface area (Å²) in [6.45, 7) is 0.170. The fraction of sp³-hybridized carbons (Fsp3) is 0.583. The van der Waals surface area contributed by atoms with Gasteiger partial charge < -0.3 is 15.2 Å². The molecule has 1 aliphatic rings. The van der Waals surface area contributed by atoms with E-state index in [-0.39, 0.29) is 29.8 Å². The first-order valence-corrected chi connectivity index (χ1v) is 7.95. The van der Waals surface area contributed by atoms with Gasteiger partial charge in [-0.2, -0.15) is 4.31 Å². The van der Waals surface area contributed by atoms with Crippen molar-refractivity contribution in [1.82, 2.24) is 9.29 Å². The Labute approximate surface area is 117 Å². The van der Waals surface area contributed by atoms with Crippen molar-refractivity contribution in [3.63, 3.8) is 0 Å².